The van der Waals surface area contributed by atoms with E-state index >= 15 is 0 Å². The van der Waals surface area contributed by atoms with Gasteiger partial charge in [-0.1, -0.05) is 43.1 Å². The monoisotopic (exact) mass is 231 g/mol. The van der Waals surface area contributed by atoms with E-state index in [0.29, 0.717) is 10.0 Å². The Bertz CT molecular complexity index is 312. The van der Waals surface area contributed by atoms with Crippen LogP contribution in [-0.2, 0) is 0 Å². The van der Waals surface area contributed by atoms with Crippen LogP contribution in [0, 0.1) is 0 Å². The van der Waals surface area contributed by atoms with Gasteiger partial charge in [0.2, 0.25) is 0 Å². The molecule has 1 aromatic carbocycles. The molecule has 0 bridgehead atoms. The molecule has 3 heteroatoms. The van der Waals surface area contributed by atoms with E-state index in [0.717, 1.165) is 12.0 Å². The summed E-state index contributed by atoms with van der Waals surface area (Å²) in [5.41, 5.74) is 7.04. The van der Waals surface area contributed by atoms with Crippen LogP contribution in [0.25, 0.3) is 0 Å². The Morgan fingerprint density at radius 2 is 2.00 bits per heavy atom. The second-order valence-electron chi connectivity index (χ2n) is 3.53. The molecule has 1 aromatic rings. The van der Waals surface area contributed by atoms with Crippen molar-refractivity contribution in [2.45, 2.75) is 32.2 Å². The molecular weight excluding hydrogens is 217 g/mol. The lowest BCUT2D eigenvalue weighted by molar-refractivity contribution is 0.551. The van der Waals surface area contributed by atoms with Gasteiger partial charge in [-0.3, -0.25) is 0 Å². The van der Waals surface area contributed by atoms with Gasteiger partial charge < -0.3 is 5.73 Å². The summed E-state index contributed by atoms with van der Waals surface area (Å²) in [6.45, 7) is 4.16. The first-order chi connectivity index (χ1) is 6.56. The van der Waals surface area contributed by atoms with Crippen LogP contribution in [-0.4, -0.2) is 6.04 Å². The van der Waals surface area contributed by atoms with Crippen LogP contribution in [0.4, 0.5) is 0 Å². The Labute approximate surface area is 95.2 Å². The summed E-state index contributed by atoms with van der Waals surface area (Å²) in [6, 6.07) is 5.71. The van der Waals surface area contributed by atoms with Crippen molar-refractivity contribution in [3.8, 4) is 0 Å². The maximum Gasteiger partial charge on any atom is 0.0456 e. The predicted octanol–water partition coefficient (Wildman–Crippen LogP) is 3.83. The Balaban J connectivity index is 2.95. The minimum absolute atomic E-state index is 0.147. The zero-order valence-electron chi connectivity index (χ0n) is 8.43. The Kier molecular flexibility index (Phi) is 4.24. The van der Waals surface area contributed by atoms with Crippen molar-refractivity contribution >= 4 is 23.2 Å². The van der Waals surface area contributed by atoms with Crippen LogP contribution in [0.3, 0.4) is 0 Å². The molecule has 0 radical (unpaired) electrons. The highest BCUT2D eigenvalue weighted by Crippen LogP contribution is 2.29. The molecule has 1 rings (SSSR count). The number of rotatable bonds is 3. The van der Waals surface area contributed by atoms with E-state index in [9.17, 15) is 0 Å². The number of nitrogens with two attached hydrogens (primary N) is 1. The molecule has 0 aliphatic carbocycles. The second kappa shape index (κ2) is 5.01. The first-order valence-corrected chi connectivity index (χ1v) is 5.52. The highest BCUT2D eigenvalue weighted by molar-refractivity contribution is 6.35. The Morgan fingerprint density at radius 1 is 1.36 bits per heavy atom. The maximum atomic E-state index is 6.09. The van der Waals surface area contributed by atoms with Gasteiger partial charge in [0.1, 0.15) is 0 Å². The average Bonchev–Trinajstić information content (AvgIpc) is 2.15. The first-order valence-electron chi connectivity index (χ1n) is 4.76. The zero-order chi connectivity index (χ0) is 10.7. The topological polar surface area (TPSA) is 26.0 Å². The quantitative estimate of drug-likeness (QED) is 0.841. The fraction of sp³-hybridized carbons (Fsp3) is 0.455. The standard InChI is InChI=1S/C11H15Cl2N/c1-3-11(14)7(2)9-5-4-8(12)6-10(9)13/h4-7,11H,3,14H2,1-2H3. The number of hydrogen-bond acceptors (Lipinski definition) is 1. The van der Waals surface area contributed by atoms with E-state index in [1.807, 2.05) is 12.1 Å². The molecule has 2 unspecified atom stereocenters. The van der Waals surface area contributed by atoms with E-state index in [-0.39, 0.29) is 12.0 Å². The van der Waals surface area contributed by atoms with Gasteiger partial charge in [-0.25, -0.2) is 0 Å². The Morgan fingerprint density at radius 3 is 2.50 bits per heavy atom. The van der Waals surface area contributed by atoms with Crippen LogP contribution in [0.5, 0.6) is 0 Å². The molecule has 0 aliphatic rings. The van der Waals surface area contributed by atoms with Gasteiger partial charge in [0.05, 0.1) is 0 Å². The third-order valence-corrected chi connectivity index (χ3v) is 3.13. The minimum atomic E-state index is 0.147. The summed E-state index contributed by atoms with van der Waals surface area (Å²) in [6.07, 6.45) is 0.945. The SMILES string of the molecule is CCC(N)C(C)c1ccc(Cl)cc1Cl. The van der Waals surface area contributed by atoms with E-state index in [2.05, 4.69) is 13.8 Å². The van der Waals surface area contributed by atoms with Crippen molar-refractivity contribution in [1.82, 2.24) is 0 Å². The lowest BCUT2D eigenvalue weighted by atomic mass is 9.92. The normalized spacial score (nSPS) is 15.2. The summed E-state index contributed by atoms with van der Waals surface area (Å²) >= 11 is 11.9. The van der Waals surface area contributed by atoms with Gasteiger partial charge in [-0.15, -0.1) is 0 Å². The van der Waals surface area contributed by atoms with Gasteiger partial charge in [0, 0.05) is 16.1 Å². The molecule has 0 aromatic heterocycles. The molecule has 0 fully saturated rings. The third-order valence-electron chi connectivity index (χ3n) is 2.57. The number of benzene rings is 1. The smallest absolute Gasteiger partial charge is 0.0456 e. The zero-order valence-corrected chi connectivity index (χ0v) is 9.94. The van der Waals surface area contributed by atoms with Crippen LogP contribution in [0.15, 0.2) is 18.2 Å². The van der Waals surface area contributed by atoms with Crippen molar-refractivity contribution in [2.24, 2.45) is 5.73 Å². The number of halogens is 2. The van der Waals surface area contributed by atoms with Crippen LogP contribution in [0.2, 0.25) is 10.0 Å². The van der Waals surface area contributed by atoms with Crippen molar-refractivity contribution in [3.63, 3.8) is 0 Å². The molecule has 0 saturated heterocycles. The van der Waals surface area contributed by atoms with Crippen molar-refractivity contribution in [2.75, 3.05) is 0 Å². The molecule has 0 amide bonds. The van der Waals surface area contributed by atoms with E-state index < -0.39 is 0 Å². The summed E-state index contributed by atoms with van der Waals surface area (Å²) in [4.78, 5) is 0. The average molecular weight is 232 g/mol. The van der Waals surface area contributed by atoms with Gasteiger partial charge in [-0.2, -0.15) is 0 Å². The van der Waals surface area contributed by atoms with Crippen molar-refractivity contribution < 1.29 is 0 Å². The fourth-order valence-corrected chi connectivity index (χ4v) is 2.04. The summed E-state index contributed by atoms with van der Waals surface area (Å²) in [5, 5.41) is 1.37. The van der Waals surface area contributed by atoms with Crippen LogP contribution < -0.4 is 5.73 Å². The van der Waals surface area contributed by atoms with E-state index in [4.69, 9.17) is 28.9 Å². The molecule has 0 heterocycles. The predicted molar refractivity (Wildman–Crippen MR) is 63.1 cm³/mol. The van der Waals surface area contributed by atoms with Crippen molar-refractivity contribution in [1.29, 1.82) is 0 Å². The van der Waals surface area contributed by atoms with Gasteiger partial charge in [0.15, 0.2) is 0 Å². The van der Waals surface area contributed by atoms with Gasteiger partial charge >= 0.3 is 0 Å². The van der Waals surface area contributed by atoms with Gasteiger partial charge in [0.25, 0.3) is 0 Å². The largest absolute Gasteiger partial charge is 0.327 e. The van der Waals surface area contributed by atoms with E-state index in [1.165, 1.54) is 0 Å². The lowest BCUT2D eigenvalue weighted by Crippen LogP contribution is -2.25. The van der Waals surface area contributed by atoms with Crippen LogP contribution in [0.1, 0.15) is 31.7 Å². The highest BCUT2D eigenvalue weighted by Gasteiger charge is 2.15. The molecule has 1 nitrogen and oxygen atoms in total. The first kappa shape index (κ1) is 11.8. The number of hydrogen-bond donors (Lipinski definition) is 1. The summed E-state index contributed by atoms with van der Waals surface area (Å²) in [7, 11) is 0. The van der Waals surface area contributed by atoms with Gasteiger partial charge in [-0.05, 0) is 30.0 Å². The molecule has 2 atom stereocenters. The van der Waals surface area contributed by atoms with Crippen LogP contribution >= 0.6 is 23.2 Å². The lowest BCUT2D eigenvalue weighted by Gasteiger charge is -2.19. The molecule has 0 saturated carbocycles. The molecular formula is C11H15Cl2N. The van der Waals surface area contributed by atoms with E-state index in [1.54, 1.807) is 6.07 Å². The molecule has 0 spiro atoms. The third kappa shape index (κ3) is 2.63. The molecule has 2 N–H and O–H groups in total. The molecule has 0 aliphatic heterocycles. The van der Waals surface area contributed by atoms with Crippen molar-refractivity contribution in [3.05, 3.63) is 33.8 Å². The summed E-state index contributed by atoms with van der Waals surface area (Å²) in [5.74, 6) is 0.268. The maximum absolute atomic E-state index is 6.09. The highest BCUT2D eigenvalue weighted by atomic mass is 35.5. The minimum Gasteiger partial charge on any atom is -0.327 e. The fourth-order valence-electron chi connectivity index (χ4n) is 1.45. The molecule has 14 heavy (non-hydrogen) atoms. The molecule has 78 valence electrons. The Hall–Kier alpha value is -0.240. The summed E-state index contributed by atoms with van der Waals surface area (Å²) < 4.78 is 0. The second-order valence-corrected chi connectivity index (χ2v) is 4.37.